The standard InChI is InChI=1S/C29H28O3/c1-2-9-18-16-23-28(30)24(17-31-29(23)20-11-4-3-10-19(18)20)27-21-12-5-7-14-25(21)32-26-15-8-6-13-22(26)27/h2-4,10-11,16-17,27H,1,5-9,12-15H2. The third-order valence-electron chi connectivity index (χ3n) is 7.43. The Bertz CT molecular complexity index is 1340. The molecule has 0 saturated carbocycles. The van der Waals surface area contributed by atoms with Crippen molar-refractivity contribution in [2.75, 3.05) is 0 Å². The van der Waals surface area contributed by atoms with Crippen LogP contribution in [0.2, 0.25) is 0 Å². The summed E-state index contributed by atoms with van der Waals surface area (Å²) in [6.07, 6.45) is 13.0. The smallest absolute Gasteiger partial charge is 0.196 e. The molecular formula is C29H28O3. The number of fused-ring (bicyclic) bond motifs is 3. The Morgan fingerprint density at radius 2 is 1.56 bits per heavy atom. The van der Waals surface area contributed by atoms with Crippen LogP contribution in [0.15, 0.2) is 81.1 Å². The summed E-state index contributed by atoms with van der Waals surface area (Å²) in [5, 5.41) is 2.80. The topological polar surface area (TPSA) is 39.4 Å². The molecule has 0 bridgehead atoms. The molecule has 3 aromatic rings. The van der Waals surface area contributed by atoms with Crippen molar-refractivity contribution in [2.45, 2.75) is 63.7 Å². The summed E-state index contributed by atoms with van der Waals surface area (Å²) < 4.78 is 12.7. The van der Waals surface area contributed by atoms with E-state index in [9.17, 15) is 4.79 Å². The van der Waals surface area contributed by atoms with Crippen molar-refractivity contribution >= 4 is 21.7 Å². The van der Waals surface area contributed by atoms with Gasteiger partial charge in [-0.25, -0.2) is 0 Å². The molecule has 3 aliphatic rings. The van der Waals surface area contributed by atoms with Crippen LogP contribution in [0.4, 0.5) is 0 Å². The molecule has 0 N–H and O–H groups in total. The summed E-state index contributed by atoms with van der Waals surface area (Å²) in [5.41, 5.74) is 5.32. The quantitative estimate of drug-likeness (QED) is 0.324. The summed E-state index contributed by atoms with van der Waals surface area (Å²) in [5.74, 6) is 2.25. The van der Waals surface area contributed by atoms with E-state index in [0.29, 0.717) is 11.0 Å². The highest BCUT2D eigenvalue weighted by Crippen LogP contribution is 2.49. The SMILES string of the molecule is C=CCc1cc2c(=O)c(C3C4=C(CCCC4)OC4=C3CCCC4)coc2c2ccccc12. The molecule has 0 fully saturated rings. The lowest BCUT2D eigenvalue weighted by molar-refractivity contribution is 0.228. The Balaban J connectivity index is 1.61. The van der Waals surface area contributed by atoms with Crippen molar-refractivity contribution in [1.29, 1.82) is 0 Å². The van der Waals surface area contributed by atoms with Gasteiger partial charge in [-0.05, 0) is 73.1 Å². The fourth-order valence-corrected chi connectivity index (χ4v) is 5.95. The second kappa shape index (κ2) is 7.81. The lowest BCUT2D eigenvalue weighted by atomic mass is 9.74. The Hall–Kier alpha value is -3.07. The zero-order valence-corrected chi connectivity index (χ0v) is 18.4. The van der Waals surface area contributed by atoms with Crippen LogP contribution in [0.5, 0.6) is 0 Å². The molecule has 0 spiro atoms. The van der Waals surface area contributed by atoms with E-state index in [2.05, 4.69) is 12.6 Å². The van der Waals surface area contributed by atoms with Gasteiger partial charge in [0.1, 0.15) is 17.1 Å². The van der Waals surface area contributed by atoms with Crippen molar-refractivity contribution in [2.24, 2.45) is 0 Å². The monoisotopic (exact) mass is 424 g/mol. The van der Waals surface area contributed by atoms with Gasteiger partial charge in [0.05, 0.1) is 11.6 Å². The van der Waals surface area contributed by atoms with Gasteiger partial charge in [0.2, 0.25) is 0 Å². The first kappa shape index (κ1) is 19.6. The van der Waals surface area contributed by atoms with Gasteiger partial charge in [0.15, 0.2) is 5.43 Å². The summed E-state index contributed by atoms with van der Waals surface area (Å²) in [4.78, 5) is 14.0. The minimum absolute atomic E-state index is 0.0179. The molecule has 3 nitrogen and oxygen atoms in total. The van der Waals surface area contributed by atoms with Gasteiger partial charge >= 0.3 is 0 Å². The summed E-state index contributed by atoms with van der Waals surface area (Å²) >= 11 is 0. The van der Waals surface area contributed by atoms with Crippen molar-refractivity contribution in [3.05, 3.63) is 93.3 Å². The Morgan fingerprint density at radius 3 is 2.25 bits per heavy atom. The number of allylic oxidation sites excluding steroid dienone is 5. The van der Waals surface area contributed by atoms with Crippen LogP contribution in [0.3, 0.4) is 0 Å². The molecule has 3 heteroatoms. The third-order valence-corrected chi connectivity index (χ3v) is 7.43. The first-order valence-electron chi connectivity index (χ1n) is 11.9. The average Bonchev–Trinajstić information content (AvgIpc) is 2.84. The average molecular weight is 425 g/mol. The van der Waals surface area contributed by atoms with E-state index in [0.717, 1.165) is 91.2 Å². The summed E-state index contributed by atoms with van der Waals surface area (Å²) in [6, 6.07) is 10.2. The Labute approximate surface area is 188 Å². The van der Waals surface area contributed by atoms with Gasteiger partial charge in [-0.2, -0.15) is 0 Å². The molecule has 1 aromatic heterocycles. The van der Waals surface area contributed by atoms with E-state index in [-0.39, 0.29) is 11.3 Å². The molecule has 2 aromatic carbocycles. The first-order chi connectivity index (χ1) is 15.8. The molecule has 2 aliphatic carbocycles. The lowest BCUT2D eigenvalue weighted by Crippen LogP contribution is -2.25. The molecule has 1 aliphatic heterocycles. The van der Waals surface area contributed by atoms with Crippen LogP contribution >= 0.6 is 0 Å². The number of rotatable bonds is 3. The molecule has 0 radical (unpaired) electrons. The van der Waals surface area contributed by atoms with Gasteiger partial charge in [0, 0.05) is 29.7 Å². The van der Waals surface area contributed by atoms with Crippen molar-refractivity contribution in [1.82, 2.24) is 0 Å². The molecule has 162 valence electrons. The van der Waals surface area contributed by atoms with Crippen LogP contribution in [0.1, 0.15) is 68.4 Å². The van der Waals surface area contributed by atoms with Crippen LogP contribution in [-0.2, 0) is 11.2 Å². The predicted molar refractivity (Wildman–Crippen MR) is 129 cm³/mol. The Morgan fingerprint density at radius 1 is 0.906 bits per heavy atom. The maximum Gasteiger partial charge on any atom is 0.196 e. The highest BCUT2D eigenvalue weighted by Gasteiger charge is 2.36. The third kappa shape index (κ3) is 2.98. The first-order valence-corrected chi connectivity index (χ1v) is 11.9. The highest BCUT2D eigenvalue weighted by atomic mass is 16.5. The molecule has 0 amide bonds. The number of hydrogen-bond donors (Lipinski definition) is 0. The largest absolute Gasteiger partial charge is 0.466 e. The molecule has 0 atom stereocenters. The van der Waals surface area contributed by atoms with E-state index in [1.165, 1.54) is 11.1 Å². The van der Waals surface area contributed by atoms with Crippen molar-refractivity contribution in [3.63, 3.8) is 0 Å². The van der Waals surface area contributed by atoms with Gasteiger partial charge in [-0.15, -0.1) is 6.58 Å². The van der Waals surface area contributed by atoms with E-state index in [1.807, 2.05) is 30.3 Å². The normalized spacial score (nSPS) is 19.1. The molecule has 6 rings (SSSR count). The van der Waals surface area contributed by atoms with Gasteiger partial charge in [-0.1, -0.05) is 30.3 Å². The molecule has 2 heterocycles. The van der Waals surface area contributed by atoms with E-state index in [4.69, 9.17) is 9.15 Å². The van der Waals surface area contributed by atoms with Crippen LogP contribution < -0.4 is 5.43 Å². The zero-order valence-electron chi connectivity index (χ0n) is 18.4. The van der Waals surface area contributed by atoms with Crippen LogP contribution in [0, 0.1) is 0 Å². The maximum atomic E-state index is 14.0. The van der Waals surface area contributed by atoms with E-state index in [1.54, 1.807) is 6.26 Å². The van der Waals surface area contributed by atoms with Crippen molar-refractivity contribution in [3.8, 4) is 0 Å². The molecular weight excluding hydrogens is 396 g/mol. The predicted octanol–water partition coefficient (Wildman–Crippen LogP) is 7.44. The summed E-state index contributed by atoms with van der Waals surface area (Å²) in [7, 11) is 0. The number of benzene rings is 2. The van der Waals surface area contributed by atoms with E-state index >= 15 is 0 Å². The highest BCUT2D eigenvalue weighted by molar-refractivity contribution is 6.05. The van der Waals surface area contributed by atoms with Gasteiger partial charge < -0.3 is 9.15 Å². The summed E-state index contributed by atoms with van der Waals surface area (Å²) in [6.45, 7) is 3.92. The zero-order chi connectivity index (χ0) is 21.7. The second-order valence-corrected chi connectivity index (χ2v) is 9.32. The molecule has 0 saturated heterocycles. The van der Waals surface area contributed by atoms with E-state index < -0.39 is 0 Å². The minimum Gasteiger partial charge on any atom is -0.466 e. The van der Waals surface area contributed by atoms with Gasteiger partial charge in [0.25, 0.3) is 0 Å². The fourth-order valence-electron chi connectivity index (χ4n) is 5.95. The number of hydrogen-bond acceptors (Lipinski definition) is 3. The van der Waals surface area contributed by atoms with Gasteiger partial charge in [-0.3, -0.25) is 4.79 Å². The number of ether oxygens (including phenoxy) is 1. The fraction of sp³-hybridized carbons (Fsp3) is 0.345. The maximum absolute atomic E-state index is 14.0. The van der Waals surface area contributed by atoms with Crippen LogP contribution in [0.25, 0.3) is 21.7 Å². The minimum atomic E-state index is 0.0179. The Kier molecular flexibility index (Phi) is 4.78. The second-order valence-electron chi connectivity index (χ2n) is 9.32. The lowest BCUT2D eigenvalue weighted by Gasteiger charge is -2.37. The molecule has 0 unspecified atom stereocenters. The van der Waals surface area contributed by atoms with Crippen LogP contribution in [-0.4, -0.2) is 0 Å². The van der Waals surface area contributed by atoms with Crippen molar-refractivity contribution < 1.29 is 9.15 Å². The molecule has 32 heavy (non-hydrogen) atoms.